The molecule has 1 fully saturated rings. The third kappa shape index (κ3) is 4.70. The lowest BCUT2D eigenvalue weighted by molar-refractivity contribution is 0.0428. The average Bonchev–Trinajstić information content (AvgIpc) is 2.84. The third-order valence-electron chi connectivity index (χ3n) is 2.02. The van der Waals surface area contributed by atoms with Crippen LogP contribution in [0.3, 0.4) is 0 Å². The standard InChI is InChI=1S/C9H19NO2/c1-2-12-7-9(11)6-10-5-8-3-4-8/h8-11H,2-7H2,1H3. The number of hydrogen-bond donors (Lipinski definition) is 2. The summed E-state index contributed by atoms with van der Waals surface area (Å²) < 4.78 is 5.08. The Kier molecular flexibility index (Phi) is 4.58. The molecular weight excluding hydrogens is 154 g/mol. The first-order valence-electron chi connectivity index (χ1n) is 4.79. The van der Waals surface area contributed by atoms with Crippen molar-refractivity contribution in [3.05, 3.63) is 0 Å². The molecule has 1 atom stereocenters. The summed E-state index contributed by atoms with van der Waals surface area (Å²) in [6.45, 7) is 4.79. The molecule has 1 rings (SSSR count). The zero-order valence-electron chi connectivity index (χ0n) is 7.75. The summed E-state index contributed by atoms with van der Waals surface area (Å²) >= 11 is 0. The van der Waals surface area contributed by atoms with Gasteiger partial charge in [0.2, 0.25) is 0 Å². The van der Waals surface area contributed by atoms with Crippen molar-refractivity contribution in [3.63, 3.8) is 0 Å². The van der Waals surface area contributed by atoms with Crippen LogP contribution >= 0.6 is 0 Å². The van der Waals surface area contributed by atoms with Gasteiger partial charge in [-0.05, 0) is 32.2 Å². The van der Waals surface area contributed by atoms with Crippen LogP contribution in [0, 0.1) is 5.92 Å². The minimum absolute atomic E-state index is 0.344. The van der Waals surface area contributed by atoms with Crippen molar-refractivity contribution in [2.75, 3.05) is 26.3 Å². The normalized spacial score (nSPS) is 19.5. The number of aliphatic hydroxyl groups is 1. The number of nitrogens with one attached hydrogen (secondary N) is 1. The number of rotatable bonds is 7. The van der Waals surface area contributed by atoms with Crippen molar-refractivity contribution in [1.82, 2.24) is 5.32 Å². The molecule has 0 heterocycles. The van der Waals surface area contributed by atoms with Gasteiger partial charge in [0.15, 0.2) is 0 Å². The van der Waals surface area contributed by atoms with Crippen molar-refractivity contribution in [1.29, 1.82) is 0 Å². The second-order valence-electron chi connectivity index (χ2n) is 3.41. The second kappa shape index (κ2) is 5.51. The number of hydrogen-bond acceptors (Lipinski definition) is 3. The molecule has 0 amide bonds. The first-order valence-corrected chi connectivity index (χ1v) is 4.79. The average molecular weight is 173 g/mol. The Morgan fingerprint density at radius 1 is 1.58 bits per heavy atom. The van der Waals surface area contributed by atoms with Crippen LogP contribution < -0.4 is 5.32 Å². The van der Waals surface area contributed by atoms with E-state index in [1.54, 1.807) is 0 Å². The molecule has 1 unspecified atom stereocenters. The Balaban J connectivity index is 1.83. The maximum absolute atomic E-state index is 9.33. The fraction of sp³-hybridized carbons (Fsp3) is 1.00. The van der Waals surface area contributed by atoms with Gasteiger partial charge in [-0.2, -0.15) is 0 Å². The predicted octanol–water partition coefficient (Wildman–Crippen LogP) is 0.383. The highest BCUT2D eigenvalue weighted by atomic mass is 16.5. The molecule has 0 aromatic carbocycles. The van der Waals surface area contributed by atoms with Crippen LogP contribution in [0.5, 0.6) is 0 Å². The maximum Gasteiger partial charge on any atom is 0.0897 e. The van der Waals surface area contributed by atoms with E-state index in [0.29, 0.717) is 19.8 Å². The zero-order chi connectivity index (χ0) is 8.81. The highest BCUT2D eigenvalue weighted by Crippen LogP contribution is 2.27. The highest BCUT2D eigenvalue weighted by molar-refractivity contribution is 4.75. The van der Waals surface area contributed by atoms with Gasteiger partial charge in [-0.25, -0.2) is 0 Å². The maximum atomic E-state index is 9.33. The van der Waals surface area contributed by atoms with Crippen molar-refractivity contribution in [2.24, 2.45) is 5.92 Å². The van der Waals surface area contributed by atoms with Crippen molar-refractivity contribution in [3.8, 4) is 0 Å². The van der Waals surface area contributed by atoms with E-state index in [4.69, 9.17) is 4.74 Å². The SMILES string of the molecule is CCOCC(O)CNCC1CC1. The summed E-state index contributed by atoms with van der Waals surface area (Å²) in [7, 11) is 0. The Bertz CT molecular complexity index is 115. The Hall–Kier alpha value is -0.120. The van der Waals surface area contributed by atoms with Gasteiger partial charge in [0.05, 0.1) is 12.7 Å². The Labute approximate surface area is 74.1 Å². The number of ether oxygens (including phenoxy) is 1. The lowest BCUT2D eigenvalue weighted by Gasteiger charge is -2.10. The van der Waals surface area contributed by atoms with Crippen molar-refractivity contribution in [2.45, 2.75) is 25.9 Å². The zero-order valence-corrected chi connectivity index (χ0v) is 7.75. The smallest absolute Gasteiger partial charge is 0.0897 e. The summed E-state index contributed by atoms with van der Waals surface area (Å²) in [4.78, 5) is 0. The van der Waals surface area contributed by atoms with Crippen LogP contribution in [0.15, 0.2) is 0 Å². The van der Waals surface area contributed by atoms with Gasteiger partial charge in [0.1, 0.15) is 0 Å². The molecule has 2 N–H and O–H groups in total. The molecule has 3 nitrogen and oxygen atoms in total. The topological polar surface area (TPSA) is 41.5 Å². The van der Waals surface area contributed by atoms with Crippen LogP contribution in [0.2, 0.25) is 0 Å². The van der Waals surface area contributed by atoms with Gasteiger partial charge in [0.25, 0.3) is 0 Å². The van der Waals surface area contributed by atoms with E-state index in [1.807, 2.05) is 6.92 Å². The lowest BCUT2D eigenvalue weighted by atomic mass is 10.3. The van der Waals surface area contributed by atoms with E-state index in [2.05, 4.69) is 5.32 Å². The highest BCUT2D eigenvalue weighted by Gasteiger charge is 2.20. The largest absolute Gasteiger partial charge is 0.389 e. The van der Waals surface area contributed by atoms with Crippen LogP contribution in [-0.4, -0.2) is 37.5 Å². The molecule has 0 aromatic rings. The minimum Gasteiger partial charge on any atom is -0.389 e. The van der Waals surface area contributed by atoms with E-state index in [-0.39, 0.29) is 6.10 Å². The molecule has 0 saturated heterocycles. The van der Waals surface area contributed by atoms with Crippen molar-refractivity contribution >= 4 is 0 Å². The van der Waals surface area contributed by atoms with Gasteiger partial charge in [-0.15, -0.1) is 0 Å². The molecule has 0 bridgehead atoms. The predicted molar refractivity (Wildman–Crippen MR) is 48.1 cm³/mol. The van der Waals surface area contributed by atoms with Gasteiger partial charge in [-0.1, -0.05) is 0 Å². The van der Waals surface area contributed by atoms with E-state index >= 15 is 0 Å². The molecule has 3 heteroatoms. The molecule has 12 heavy (non-hydrogen) atoms. The van der Waals surface area contributed by atoms with E-state index < -0.39 is 0 Å². The van der Waals surface area contributed by atoms with E-state index in [1.165, 1.54) is 12.8 Å². The van der Waals surface area contributed by atoms with Crippen LogP contribution in [0.4, 0.5) is 0 Å². The van der Waals surface area contributed by atoms with Crippen molar-refractivity contribution < 1.29 is 9.84 Å². The number of aliphatic hydroxyl groups excluding tert-OH is 1. The fourth-order valence-corrected chi connectivity index (χ4v) is 1.09. The first kappa shape index (κ1) is 9.96. The molecule has 1 aliphatic rings. The summed E-state index contributed by atoms with van der Waals surface area (Å²) in [5, 5.41) is 12.6. The summed E-state index contributed by atoms with van der Waals surface area (Å²) in [6, 6.07) is 0. The summed E-state index contributed by atoms with van der Waals surface area (Å²) in [5.74, 6) is 0.879. The van der Waals surface area contributed by atoms with Crippen LogP contribution in [-0.2, 0) is 4.74 Å². The van der Waals surface area contributed by atoms with E-state index in [0.717, 1.165) is 12.5 Å². The van der Waals surface area contributed by atoms with Crippen LogP contribution in [0.25, 0.3) is 0 Å². The molecule has 1 saturated carbocycles. The molecule has 72 valence electrons. The Morgan fingerprint density at radius 2 is 2.33 bits per heavy atom. The molecule has 0 aliphatic heterocycles. The molecular formula is C9H19NO2. The monoisotopic (exact) mass is 173 g/mol. The molecule has 0 spiro atoms. The fourth-order valence-electron chi connectivity index (χ4n) is 1.09. The summed E-state index contributed by atoms with van der Waals surface area (Å²) in [6.07, 6.45) is 2.37. The molecule has 0 aromatic heterocycles. The van der Waals surface area contributed by atoms with E-state index in [9.17, 15) is 5.11 Å². The van der Waals surface area contributed by atoms with Gasteiger partial charge in [0, 0.05) is 13.2 Å². The first-order chi connectivity index (χ1) is 5.83. The molecule has 1 aliphatic carbocycles. The third-order valence-corrected chi connectivity index (χ3v) is 2.02. The molecule has 0 radical (unpaired) electrons. The van der Waals surface area contributed by atoms with Crippen LogP contribution in [0.1, 0.15) is 19.8 Å². The quantitative estimate of drug-likeness (QED) is 0.585. The van der Waals surface area contributed by atoms with Gasteiger partial charge >= 0.3 is 0 Å². The Morgan fingerprint density at radius 3 is 2.92 bits per heavy atom. The minimum atomic E-state index is -0.344. The van der Waals surface area contributed by atoms with Gasteiger partial charge < -0.3 is 15.2 Å². The second-order valence-corrected chi connectivity index (χ2v) is 3.41. The lowest BCUT2D eigenvalue weighted by Crippen LogP contribution is -2.31. The summed E-state index contributed by atoms with van der Waals surface area (Å²) in [5.41, 5.74) is 0. The van der Waals surface area contributed by atoms with Gasteiger partial charge in [-0.3, -0.25) is 0 Å².